The molecule has 172 valence electrons. The zero-order valence-corrected chi connectivity index (χ0v) is 20.2. The number of fused-ring (bicyclic) bond motifs is 1. The third-order valence-electron chi connectivity index (χ3n) is 6.65. The van der Waals surface area contributed by atoms with Crippen molar-refractivity contribution in [2.45, 2.75) is 63.3 Å². The fourth-order valence-electron chi connectivity index (χ4n) is 4.85. The molecule has 0 bridgehead atoms. The molecule has 0 radical (unpaired) electrons. The van der Waals surface area contributed by atoms with E-state index < -0.39 is 10.0 Å². The first-order valence-corrected chi connectivity index (χ1v) is 13.1. The van der Waals surface area contributed by atoms with E-state index in [1.807, 2.05) is 13.0 Å². The van der Waals surface area contributed by atoms with Crippen molar-refractivity contribution in [1.29, 1.82) is 0 Å². The summed E-state index contributed by atoms with van der Waals surface area (Å²) >= 11 is 0. The molecule has 0 N–H and O–H groups in total. The topological polar surface area (TPSA) is 51.5 Å². The van der Waals surface area contributed by atoms with E-state index in [1.54, 1.807) is 16.4 Å². The molecule has 0 aliphatic carbocycles. The Kier molecular flexibility index (Phi) is 6.91. The highest BCUT2D eigenvalue weighted by molar-refractivity contribution is 7.89. The van der Waals surface area contributed by atoms with Gasteiger partial charge in [-0.15, -0.1) is 0 Å². The average Bonchev–Trinajstić information content (AvgIpc) is 3.18. The quantitative estimate of drug-likeness (QED) is 0.409. The number of hydrogen-bond donors (Lipinski definition) is 0. The summed E-state index contributed by atoms with van der Waals surface area (Å²) in [5, 5.41) is 1.31. The lowest BCUT2D eigenvalue weighted by Crippen LogP contribution is -2.38. The molecule has 1 aliphatic rings. The van der Waals surface area contributed by atoms with Gasteiger partial charge in [-0.2, -0.15) is 4.31 Å². The normalized spacial score (nSPS) is 16.0. The molecule has 32 heavy (non-hydrogen) atoms. The number of benzene rings is 2. The van der Waals surface area contributed by atoms with Gasteiger partial charge >= 0.3 is 0 Å². The van der Waals surface area contributed by atoms with Crippen LogP contribution < -0.4 is 4.74 Å². The third-order valence-corrected chi connectivity index (χ3v) is 8.59. The number of aryl methyl sites for hydroxylation is 2. The zero-order valence-electron chi connectivity index (χ0n) is 19.4. The lowest BCUT2D eigenvalue weighted by Gasteiger charge is -2.31. The number of para-hydroxylation sites is 1. The van der Waals surface area contributed by atoms with Crippen molar-refractivity contribution in [2.75, 3.05) is 20.2 Å². The first-order chi connectivity index (χ1) is 15.5. The largest absolute Gasteiger partial charge is 0.495 e. The van der Waals surface area contributed by atoms with Crippen molar-refractivity contribution >= 4 is 20.9 Å². The number of hydrogen-bond acceptors (Lipinski definition) is 3. The Bertz CT molecular complexity index is 1180. The van der Waals surface area contributed by atoms with E-state index in [2.05, 4.69) is 42.0 Å². The first kappa shape index (κ1) is 22.9. The minimum Gasteiger partial charge on any atom is -0.495 e. The molecule has 2 aromatic carbocycles. The molecule has 6 heteroatoms. The summed E-state index contributed by atoms with van der Waals surface area (Å²) in [6.07, 6.45) is 7.61. The van der Waals surface area contributed by atoms with Crippen LogP contribution in [0.15, 0.2) is 53.6 Å². The van der Waals surface area contributed by atoms with Crippen molar-refractivity contribution in [2.24, 2.45) is 0 Å². The van der Waals surface area contributed by atoms with E-state index in [4.69, 9.17) is 4.74 Å². The van der Waals surface area contributed by atoms with Gasteiger partial charge < -0.3 is 9.30 Å². The van der Waals surface area contributed by atoms with Crippen molar-refractivity contribution in [1.82, 2.24) is 8.87 Å². The van der Waals surface area contributed by atoms with Gasteiger partial charge in [0.1, 0.15) is 10.6 Å². The second kappa shape index (κ2) is 9.67. The highest BCUT2D eigenvalue weighted by atomic mass is 32.2. The zero-order chi connectivity index (χ0) is 22.7. The van der Waals surface area contributed by atoms with Crippen LogP contribution in [0.5, 0.6) is 5.75 Å². The lowest BCUT2D eigenvalue weighted by atomic mass is 9.90. The summed E-state index contributed by atoms with van der Waals surface area (Å²) in [5.74, 6) is 0.793. The number of piperidine rings is 1. The minimum atomic E-state index is -3.58. The lowest BCUT2D eigenvalue weighted by molar-refractivity contribution is 0.318. The molecular weight excluding hydrogens is 420 g/mol. The Morgan fingerprint density at radius 3 is 2.53 bits per heavy atom. The molecule has 0 saturated carbocycles. The number of unbranched alkanes of at least 4 members (excludes halogenated alkanes) is 2. The molecule has 3 aromatic rings. The smallest absolute Gasteiger partial charge is 0.246 e. The molecule has 0 amide bonds. The van der Waals surface area contributed by atoms with Gasteiger partial charge in [-0.05, 0) is 61.4 Å². The fraction of sp³-hybridized carbons (Fsp3) is 0.462. The monoisotopic (exact) mass is 454 g/mol. The van der Waals surface area contributed by atoms with Crippen LogP contribution in [0.2, 0.25) is 0 Å². The number of ether oxygens (including phenoxy) is 1. The Morgan fingerprint density at radius 1 is 1.06 bits per heavy atom. The van der Waals surface area contributed by atoms with Gasteiger partial charge in [-0.1, -0.05) is 44.0 Å². The number of sulfonamides is 1. The molecule has 5 nitrogen and oxygen atoms in total. The van der Waals surface area contributed by atoms with Gasteiger partial charge in [0.2, 0.25) is 10.0 Å². The van der Waals surface area contributed by atoms with Crippen molar-refractivity contribution in [3.8, 4) is 5.75 Å². The predicted molar refractivity (Wildman–Crippen MR) is 130 cm³/mol. The average molecular weight is 455 g/mol. The predicted octanol–water partition coefficient (Wildman–Crippen LogP) is 5.72. The summed E-state index contributed by atoms with van der Waals surface area (Å²) in [6.45, 7) is 6.25. The van der Waals surface area contributed by atoms with Gasteiger partial charge in [0, 0.05) is 36.7 Å². The van der Waals surface area contributed by atoms with Crippen molar-refractivity contribution < 1.29 is 13.2 Å². The van der Waals surface area contributed by atoms with Gasteiger partial charge in [0.25, 0.3) is 0 Å². The molecular formula is C26H34N2O3S. The molecule has 1 aromatic heterocycles. The van der Waals surface area contributed by atoms with Crippen LogP contribution in [0.4, 0.5) is 0 Å². The van der Waals surface area contributed by atoms with E-state index in [9.17, 15) is 8.42 Å². The van der Waals surface area contributed by atoms with Gasteiger partial charge in [-0.25, -0.2) is 8.42 Å². The van der Waals surface area contributed by atoms with E-state index in [0.29, 0.717) is 24.8 Å². The van der Waals surface area contributed by atoms with E-state index in [0.717, 1.165) is 24.9 Å². The van der Waals surface area contributed by atoms with E-state index >= 15 is 0 Å². The molecule has 2 heterocycles. The summed E-state index contributed by atoms with van der Waals surface area (Å²) in [6, 6.07) is 13.9. The second-order valence-electron chi connectivity index (χ2n) is 8.83. The highest BCUT2D eigenvalue weighted by Crippen LogP contribution is 2.37. The summed E-state index contributed by atoms with van der Waals surface area (Å²) < 4.78 is 36.0. The molecule has 0 unspecified atom stereocenters. The Balaban J connectivity index is 1.54. The van der Waals surface area contributed by atoms with Crippen molar-refractivity contribution in [3.63, 3.8) is 0 Å². The molecule has 0 atom stereocenters. The Labute approximate surface area is 192 Å². The van der Waals surface area contributed by atoms with Crippen LogP contribution in [0, 0.1) is 6.92 Å². The standard InChI is InChI=1S/C26H34N2O3S/c1-4-5-8-15-27-19-23(22-9-6-7-10-24(22)27)21-13-16-28(17-14-21)32(29,30)26-12-11-20(2)18-25(26)31-3/h6-7,9-12,18-19,21H,4-5,8,13-17H2,1-3H3. The first-order valence-electron chi connectivity index (χ1n) is 11.7. The van der Waals surface area contributed by atoms with Gasteiger partial charge in [0.15, 0.2) is 0 Å². The number of methoxy groups -OCH3 is 1. The van der Waals surface area contributed by atoms with E-state index in [-0.39, 0.29) is 4.90 Å². The number of aromatic nitrogens is 1. The van der Waals surface area contributed by atoms with Crippen molar-refractivity contribution in [3.05, 3.63) is 59.8 Å². The summed E-state index contributed by atoms with van der Waals surface area (Å²) in [5.41, 5.74) is 3.63. The third kappa shape index (κ3) is 4.44. The SMILES string of the molecule is CCCCCn1cc(C2CCN(S(=O)(=O)c3ccc(C)cc3OC)CC2)c2ccccc21. The fourth-order valence-corrected chi connectivity index (χ4v) is 6.46. The van der Waals surface area contributed by atoms with Gasteiger partial charge in [0.05, 0.1) is 7.11 Å². The number of nitrogens with zero attached hydrogens (tertiary/aromatic N) is 2. The van der Waals surface area contributed by atoms with Crippen LogP contribution in [0.1, 0.15) is 56.1 Å². The maximum Gasteiger partial charge on any atom is 0.246 e. The maximum atomic E-state index is 13.3. The molecule has 4 rings (SSSR count). The molecule has 1 aliphatic heterocycles. The van der Waals surface area contributed by atoms with Crippen LogP contribution in [0.3, 0.4) is 0 Å². The van der Waals surface area contributed by atoms with Crippen LogP contribution in [-0.2, 0) is 16.6 Å². The molecule has 1 fully saturated rings. The Morgan fingerprint density at radius 2 is 1.81 bits per heavy atom. The second-order valence-corrected chi connectivity index (χ2v) is 10.7. The van der Waals surface area contributed by atoms with Crippen LogP contribution in [0.25, 0.3) is 10.9 Å². The Hall–Kier alpha value is -2.31. The molecule has 0 spiro atoms. The summed E-state index contributed by atoms with van der Waals surface area (Å²) in [4.78, 5) is 0.261. The van der Waals surface area contributed by atoms with Gasteiger partial charge in [-0.3, -0.25) is 0 Å². The maximum absolute atomic E-state index is 13.3. The minimum absolute atomic E-state index is 0.261. The summed E-state index contributed by atoms with van der Waals surface area (Å²) in [7, 11) is -2.05. The number of rotatable bonds is 8. The van der Waals surface area contributed by atoms with E-state index in [1.165, 1.54) is 42.8 Å². The highest BCUT2D eigenvalue weighted by Gasteiger charge is 2.32. The van der Waals surface area contributed by atoms with Crippen LogP contribution >= 0.6 is 0 Å². The van der Waals surface area contributed by atoms with Crippen LogP contribution in [-0.4, -0.2) is 37.5 Å². The molecule has 1 saturated heterocycles.